The van der Waals surface area contributed by atoms with Gasteiger partial charge in [0, 0.05) is 5.56 Å². The molecule has 0 saturated heterocycles. The topological polar surface area (TPSA) is 20.2 Å². The Bertz CT molecular complexity index is 335. The summed E-state index contributed by atoms with van der Waals surface area (Å²) in [5, 5.41) is 7.02. The summed E-state index contributed by atoms with van der Waals surface area (Å²) in [5.74, 6) is -0.437. The Morgan fingerprint density at radius 2 is 1.93 bits per heavy atom. The van der Waals surface area contributed by atoms with E-state index in [1.54, 1.807) is 6.92 Å². The molecule has 14 heavy (non-hydrogen) atoms. The first-order chi connectivity index (χ1) is 6.32. The summed E-state index contributed by atoms with van der Waals surface area (Å²) in [5.41, 5.74) is 0.312. The van der Waals surface area contributed by atoms with Crippen molar-refractivity contribution in [1.82, 2.24) is 0 Å². The number of aromatic hydroxyl groups is 1. The third-order valence-corrected chi connectivity index (χ3v) is 2.23. The van der Waals surface area contributed by atoms with Crippen molar-refractivity contribution in [2.24, 2.45) is 0 Å². The van der Waals surface area contributed by atoms with Crippen LogP contribution < -0.4 is 0 Å². The highest BCUT2D eigenvalue weighted by molar-refractivity contribution is 6.21. The maximum atomic E-state index is 12.2. The Morgan fingerprint density at radius 1 is 1.36 bits per heavy atom. The Balaban J connectivity index is 3.12. The van der Waals surface area contributed by atoms with Crippen molar-refractivity contribution in [2.45, 2.75) is 18.5 Å². The van der Waals surface area contributed by atoms with E-state index >= 15 is 0 Å². The van der Waals surface area contributed by atoms with Crippen molar-refractivity contribution in [3.05, 3.63) is 29.3 Å². The van der Waals surface area contributed by atoms with Gasteiger partial charge in [-0.25, -0.2) is 0 Å². The Kier molecular flexibility index (Phi) is 2.95. The number of phenols is 1. The molecule has 1 nitrogen and oxygen atoms in total. The molecule has 0 aromatic heterocycles. The number of benzene rings is 1. The minimum atomic E-state index is -4.55. The third-order valence-electron chi connectivity index (χ3n) is 1.74. The lowest BCUT2D eigenvalue weighted by Gasteiger charge is -2.15. The summed E-state index contributed by atoms with van der Waals surface area (Å²) in [6.45, 7) is 1.63. The van der Waals surface area contributed by atoms with Crippen LogP contribution in [0, 0.1) is 6.92 Å². The molecule has 1 atom stereocenters. The van der Waals surface area contributed by atoms with Crippen LogP contribution in [0.3, 0.4) is 0 Å². The molecule has 0 bridgehead atoms. The van der Waals surface area contributed by atoms with E-state index in [9.17, 15) is 18.3 Å². The van der Waals surface area contributed by atoms with Crippen LogP contribution >= 0.6 is 11.6 Å². The molecule has 0 fully saturated rings. The fourth-order valence-corrected chi connectivity index (χ4v) is 1.23. The van der Waals surface area contributed by atoms with Gasteiger partial charge in [0.25, 0.3) is 0 Å². The van der Waals surface area contributed by atoms with Crippen molar-refractivity contribution >= 4 is 11.6 Å². The zero-order valence-corrected chi connectivity index (χ0v) is 8.02. The fourth-order valence-electron chi connectivity index (χ4n) is 1.05. The largest absolute Gasteiger partial charge is 0.508 e. The van der Waals surface area contributed by atoms with Gasteiger partial charge in [0.05, 0.1) is 0 Å². The summed E-state index contributed by atoms with van der Waals surface area (Å²) < 4.78 is 36.6. The summed E-state index contributed by atoms with van der Waals surface area (Å²) in [7, 11) is 0. The summed E-state index contributed by atoms with van der Waals surface area (Å²) in [4.78, 5) is 0. The Hall–Kier alpha value is -0.900. The van der Waals surface area contributed by atoms with Crippen molar-refractivity contribution in [2.75, 3.05) is 0 Å². The maximum absolute atomic E-state index is 12.2. The zero-order chi connectivity index (χ0) is 10.9. The highest BCUT2D eigenvalue weighted by Crippen LogP contribution is 2.41. The SMILES string of the molecule is Cc1ccc(O)c(C(Cl)C(F)(F)F)c1. The van der Waals surface area contributed by atoms with Crippen LogP contribution in [0.25, 0.3) is 0 Å². The van der Waals surface area contributed by atoms with Crippen LogP contribution in [0.4, 0.5) is 13.2 Å². The molecule has 0 spiro atoms. The molecule has 0 amide bonds. The minimum absolute atomic E-state index is 0.306. The van der Waals surface area contributed by atoms with Crippen LogP contribution in [0.1, 0.15) is 16.5 Å². The van der Waals surface area contributed by atoms with E-state index in [0.717, 1.165) is 0 Å². The second-order valence-corrected chi connectivity index (χ2v) is 3.40. The molecule has 1 N–H and O–H groups in total. The first-order valence-corrected chi connectivity index (χ1v) is 4.26. The molecule has 0 heterocycles. The Morgan fingerprint density at radius 3 is 2.43 bits per heavy atom. The molecule has 1 aromatic carbocycles. The summed E-state index contributed by atoms with van der Waals surface area (Å²) in [6.07, 6.45) is -4.55. The van der Waals surface area contributed by atoms with Gasteiger partial charge in [-0.2, -0.15) is 13.2 Å². The smallest absolute Gasteiger partial charge is 0.409 e. The normalized spacial score (nSPS) is 14.1. The van der Waals surface area contributed by atoms with Crippen LogP contribution in [-0.2, 0) is 0 Å². The highest BCUT2D eigenvalue weighted by Gasteiger charge is 2.40. The molecule has 1 rings (SSSR count). The molecule has 0 radical (unpaired) electrons. The van der Waals surface area contributed by atoms with Gasteiger partial charge in [-0.05, 0) is 13.0 Å². The average Bonchev–Trinajstić information content (AvgIpc) is 2.06. The van der Waals surface area contributed by atoms with Crippen LogP contribution in [-0.4, -0.2) is 11.3 Å². The quantitative estimate of drug-likeness (QED) is 0.724. The third kappa shape index (κ3) is 2.32. The summed E-state index contributed by atoms with van der Waals surface area (Å²) >= 11 is 5.17. The second kappa shape index (κ2) is 3.69. The van der Waals surface area contributed by atoms with Crippen molar-refractivity contribution in [1.29, 1.82) is 0 Å². The molecular formula is C9H8ClF3O. The molecule has 0 aliphatic rings. The van der Waals surface area contributed by atoms with E-state index < -0.39 is 17.3 Å². The predicted molar refractivity (Wildman–Crippen MR) is 47.5 cm³/mol. The number of halogens is 4. The lowest BCUT2D eigenvalue weighted by molar-refractivity contribution is -0.132. The van der Waals surface area contributed by atoms with E-state index in [-0.39, 0.29) is 5.56 Å². The van der Waals surface area contributed by atoms with Crippen molar-refractivity contribution in [3.8, 4) is 5.75 Å². The number of hydrogen-bond acceptors (Lipinski definition) is 1. The number of hydrogen-bond donors (Lipinski definition) is 1. The molecule has 5 heteroatoms. The van der Waals surface area contributed by atoms with Gasteiger partial charge in [-0.3, -0.25) is 0 Å². The van der Waals surface area contributed by atoms with E-state index in [1.807, 2.05) is 0 Å². The lowest BCUT2D eigenvalue weighted by Crippen LogP contribution is -2.15. The van der Waals surface area contributed by atoms with E-state index in [1.165, 1.54) is 18.2 Å². The van der Waals surface area contributed by atoms with Crippen LogP contribution in [0.15, 0.2) is 18.2 Å². The monoisotopic (exact) mass is 224 g/mol. The fraction of sp³-hybridized carbons (Fsp3) is 0.333. The van der Waals surface area contributed by atoms with Crippen molar-refractivity contribution < 1.29 is 18.3 Å². The lowest BCUT2D eigenvalue weighted by atomic mass is 10.1. The summed E-state index contributed by atoms with van der Waals surface area (Å²) in [6, 6.07) is 3.94. The van der Waals surface area contributed by atoms with E-state index in [4.69, 9.17) is 11.6 Å². The van der Waals surface area contributed by atoms with Gasteiger partial charge in [0.2, 0.25) is 0 Å². The average molecular weight is 225 g/mol. The van der Waals surface area contributed by atoms with Gasteiger partial charge in [0.1, 0.15) is 5.75 Å². The second-order valence-electron chi connectivity index (χ2n) is 2.97. The minimum Gasteiger partial charge on any atom is -0.508 e. The molecule has 78 valence electrons. The van der Waals surface area contributed by atoms with Crippen LogP contribution in [0.2, 0.25) is 0 Å². The number of phenolic OH excluding ortho intramolecular Hbond substituents is 1. The molecule has 0 saturated carbocycles. The Labute approximate surface area is 84.1 Å². The van der Waals surface area contributed by atoms with Crippen LogP contribution in [0.5, 0.6) is 5.75 Å². The maximum Gasteiger partial charge on any atom is 0.409 e. The van der Waals surface area contributed by atoms with Crippen molar-refractivity contribution in [3.63, 3.8) is 0 Å². The number of aryl methyl sites for hydroxylation is 1. The predicted octanol–water partition coefficient (Wildman–Crippen LogP) is 3.54. The molecule has 0 aliphatic carbocycles. The van der Waals surface area contributed by atoms with Gasteiger partial charge < -0.3 is 5.11 Å². The molecule has 1 aromatic rings. The van der Waals surface area contributed by atoms with E-state index in [2.05, 4.69) is 0 Å². The molecular weight excluding hydrogens is 217 g/mol. The number of rotatable bonds is 1. The van der Waals surface area contributed by atoms with Gasteiger partial charge in [-0.15, -0.1) is 11.6 Å². The first-order valence-electron chi connectivity index (χ1n) is 3.82. The first kappa shape index (κ1) is 11.2. The van der Waals surface area contributed by atoms with Gasteiger partial charge >= 0.3 is 6.18 Å². The van der Waals surface area contributed by atoms with Gasteiger partial charge in [-0.1, -0.05) is 17.7 Å². The highest BCUT2D eigenvalue weighted by atomic mass is 35.5. The molecule has 0 aliphatic heterocycles. The number of alkyl halides is 4. The standard InChI is InChI=1S/C9H8ClF3O/c1-5-2-3-7(14)6(4-5)8(10)9(11,12)13/h2-4,8,14H,1H3. The molecule has 1 unspecified atom stereocenters. The van der Waals surface area contributed by atoms with E-state index in [0.29, 0.717) is 5.56 Å². The van der Waals surface area contributed by atoms with Gasteiger partial charge in [0.15, 0.2) is 5.38 Å². The zero-order valence-electron chi connectivity index (χ0n) is 7.27.